The van der Waals surface area contributed by atoms with E-state index in [-0.39, 0.29) is 53.8 Å². The monoisotopic (exact) mass is 557 g/mol. The molecule has 0 rings (SSSR count). The minimum Gasteiger partial charge on any atom is -0.481 e. The maximum atomic E-state index is 12.9. The molecule has 0 bridgehead atoms. The number of aliphatic carboxylic acids is 1. The molecule has 0 fully saturated rings. The molecular weight excluding hydrogens is 506 g/mol. The van der Waals surface area contributed by atoms with Crippen molar-refractivity contribution in [2.24, 2.45) is 23.0 Å². The molecule has 3 unspecified atom stereocenters. The quantitative estimate of drug-likeness (QED) is 0.0948. The number of Topliss-reactive ketones (excluding diaryl/α,β-unsaturated/α-hetero) is 2. The molecule has 0 aromatic carbocycles. The highest BCUT2D eigenvalue weighted by molar-refractivity contribution is 7.80. The van der Waals surface area contributed by atoms with Crippen LogP contribution in [0.5, 0.6) is 0 Å². The first-order valence-corrected chi connectivity index (χ1v) is 14.5. The summed E-state index contributed by atoms with van der Waals surface area (Å²) < 4.78 is 0. The van der Waals surface area contributed by atoms with E-state index in [0.717, 1.165) is 32.2 Å². The van der Waals surface area contributed by atoms with Crippen LogP contribution in [0.15, 0.2) is 0 Å². The third-order valence-electron chi connectivity index (χ3n) is 6.57. The summed E-state index contributed by atoms with van der Waals surface area (Å²) in [5.74, 6) is -2.27. The highest BCUT2D eigenvalue weighted by Gasteiger charge is 2.29. The van der Waals surface area contributed by atoms with Crippen molar-refractivity contribution >= 4 is 42.0 Å². The van der Waals surface area contributed by atoms with Crippen molar-refractivity contribution in [3.63, 3.8) is 0 Å². The maximum absolute atomic E-state index is 12.9. The second-order valence-corrected chi connectivity index (χ2v) is 11.8. The molecule has 0 aliphatic heterocycles. The van der Waals surface area contributed by atoms with Crippen molar-refractivity contribution in [2.75, 3.05) is 19.3 Å². The number of unbranched alkanes of at least 4 members (excludes halogenated alkanes) is 4. The Bertz CT molecular complexity index is 753. The SMILES string of the molecule is CNCCCCC(NC(=O)CCCCCCC(=O)C(CS)CC(=O)C(CCC(=O)O)CC(C)(C)C)C(N)=O. The smallest absolute Gasteiger partial charge is 0.303 e. The molecule has 5 N–H and O–H groups in total. The minimum atomic E-state index is -0.927. The molecule has 0 aliphatic carbocycles. The second kappa shape index (κ2) is 20.0. The third kappa shape index (κ3) is 18.3. The fourth-order valence-electron chi connectivity index (χ4n) is 4.45. The Morgan fingerprint density at radius 3 is 2.00 bits per heavy atom. The number of carbonyl (C=O) groups excluding carboxylic acids is 4. The lowest BCUT2D eigenvalue weighted by Crippen LogP contribution is -2.44. The standard InChI is InChI=1S/C28H51N3O6S/c1-28(2,3)18-20(14-15-26(35)36)24(33)17-21(19-38)23(32)12-7-5-6-8-13-25(34)31-22(27(29)37)11-9-10-16-30-4/h20-22,30,38H,5-19H2,1-4H3,(H2,29,37)(H,31,34)(H,35,36). The number of primary amides is 1. The van der Waals surface area contributed by atoms with E-state index in [2.05, 4.69) is 23.3 Å². The van der Waals surface area contributed by atoms with Crippen LogP contribution in [0.1, 0.15) is 104 Å². The molecule has 0 heterocycles. The summed E-state index contributed by atoms with van der Waals surface area (Å²) in [4.78, 5) is 60.5. The van der Waals surface area contributed by atoms with Crippen LogP contribution in [-0.2, 0) is 24.0 Å². The van der Waals surface area contributed by atoms with Gasteiger partial charge in [-0.15, -0.1) is 0 Å². The molecule has 9 nitrogen and oxygen atoms in total. The van der Waals surface area contributed by atoms with Crippen molar-refractivity contribution in [1.82, 2.24) is 10.6 Å². The molecule has 3 atom stereocenters. The van der Waals surface area contributed by atoms with Gasteiger partial charge in [-0.05, 0) is 64.0 Å². The van der Waals surface area contributed by atoms with Crippen LogP contribution in [0.2, 0.25) is 0 Å². The lowest BCUT2D eigenvalue weighted by Gasteiger charge is -2.26. The molecule has 0 spiro atoms. The normalized spacial score (nSPS) is 13.9. The first-order chi connectivity index (χ1) is 17.8. The van der Waals surface area contributed by atoms with E-state index in [0.29, 0.717) is 38.5 Å². The highest BCUT2D eigenvalue weighted by Crippen LogP contribution is 2.30. The number of ketones is 2. The number of nitrogens with one attached hydrogen (secondary N) is 2. The van der Waals surface area contributed by atoms with Crippen molar-refractivity contribution in [2.45, 2.75) is 110 Å². The van der Waals surface area contributed by atoms with Crippen LogP contribution >= 0.6 is 12.6 Å². The van der Waals surface area contributed by atoms with Gasteiger partial charge in [-0.25, -0.2) is 0 Å². The fourth-order valence-corrected chi connectivity index (χ4v) is 4.78. The maximum Gasteiger partial charge on any atom is 0.303 e. The molecule has 0 aromatic rings. The topological polar surface area (TPSA) is 156 Å². The van der Waals surface area contributed by atoms with Gasteiger partial charge < -0.3 is 21.5 Å². The van der Waals surface area contributed by atoms with E-state index in [1.165, 1.54) is 0 Å². The van der Waals surface area contributed by atoms with E-state index in [1.54, 1.807) is 0 Å². The fraction of sp³-hybridized carbons (Fsp3) is 0.821. The van der Waals surface area contributed by atoms with Gasteiger partial charge in [0.2, 0.25) is 11.8 Å². The van der Waals surface area contributed by atoms with Gasteiger partial charge in [-0.2, -0.15) is 12.6 Å². The largest absolute Gasteiger partial charge is 0.481 e. The van der Waals surface area contributed by atoms with Gasteiger partial charge in [-0.3, -0.25) is 24.0 Å². The van der Waals surface area contributed by atoms with Gasteiger partial charge in [-0.1, -0.05) is 33.6 Å². The first-order valence-electron chi connectivity index (χ1n) is 13.9. The summed E-state index contributed by atoms with van der Waals surface area (Å²) in [7, 11) is 1.86. The van der Waals surface area contributed by atoms with Gasteiger partial charge in [0.25, 0.3) is 0 Å². The van der Waals surface area contributed by atoms with E-state index in [9.17, 15) is 24.0 Å². The molecule has 0 saturated carbocycles. The molecule has 0 radical (unpaired) electrons. The summed E-state index contributed by atoms with van der Waals surface area (Å²) in [6.07, 6.45) is 6.63. The Morgan fingerprint density at radius 2 is 1.47 bits per heavy atom. The minimum absolute atomic E-state index is 0.00130. The van der Waals surface area contributed by atoms with Crippen LogP contribution in [0, 0.1) is 17.3 Å². The molecule has 220 valence electrons. The molecule has 2 amide bonds. The summed E-state index contributed by atoms with van der Waals surface area (Å²) in [5.41, 5.74) is 5.29. The number of hydrogen-bond donors (Lipinski definition) is 5. The van der Waals surface area contributed by atoms with Crippen molar-refractivity contribution in [3.8, 4) is 0 Å². The van der Waals surface area contributed by atoms with E-state index >= 15 is 0 Å². The predicted molar refractivity (Wildman–Crippen MR) is 153 cm³/mol. The number of thiol groups is 1. The summed E-state index contributed by atoms with van der Waals surface area (Å²) in [6.45, 7) is 6.89. The van der Waals surface area contributed by atoms with Crippen LogP contribution in [0.25, 0.3) is 0 Å². The zero-order chi connectivity index (χ0) is 29.1. The Labute approximate surface area is 234 Å². The predicted octanol–water partition coefficient (Wildman–Crippen LogP) is 3.68. The number of amides is 2. The average molecular weight is 558 g/mol. The summed E-state index contributed by atoms with van der Waals surface area (Å²) in [6, 6.07) is -0.648. The number of carboxylic acids is 1. The third-order valence-corrected chi connectivity index (χ3v) is 7.01. The first kappa shape index (κ1) is 36.1. The zero-order valence-electron chi connectivity index (χ0n) is 23.9. The van der Waals surface area contributed by atoms with Crippen LogP contribution in [0.3, 0.4) is 0 Å². The van der Waals surface area contributed by atoms with Gasteiger partial charge in [0.05, 0.1) is 0 Å². The molecule has 10 heteroatoms. The van der Waals surface area contributed by atoms with Crippen molar-refractivity contribution < 1.29 is 29.1 Å². The van der Waals surface area contributed by atoms with Gasteiger partial charge in [0.1, 0.15) is 17.6 Å². The van der Waals surface area contributed by atoms with Crippen molar-refractivity contribution in [3.05, 3.63) is 0 Å². The second-order valence-electron chi connectivity index (χ2n) is 11.4. The Hall–Kier alpha value is -1.94. The number of rotatable bonds is 23. The highest BCUT2D eigenvalue weighted by atomic mass is 32.1. The Morgan fingerprint density at radius 1 is 0.842 bits per heavy atom. The van der Waals surface area contributed by atoms with Crippen LogP contribution < -0.4 is 16.4 Å². The van der Waals surface area contributed by atoms with E-state index in [1.807, 2.05) is 27.8 Å². The molecule has 0 saturated heterocycles. The van der Waals surface area contributed by atoms with Gasteiger partial charge in [0, 0.05) is 43.3 Å². The van der Waals surface area contributed by atoms with Gasteiger partial charge >= 0.3 is 5.97 Å². The summed E-state index contributed by atoms with van der Waals surface area (Å²) in [5, 5.41) is 14.8. The molecule has 0 aromatic heterocycles. The van der Waals surface area contributed by atoms with Crippen LogP contribution in [0.4, 0.5) is 0 Å². The number of carboxylic acid groups (broad SMARTS) is 1. The molecular formula is C28H51N3O6S. The zero-order valence-corrected chi connectivity index (χ0v) is 24.7. The molecule has 0 aliphatic rings. The van der Waals surface area contributed by atoms with E-state index < -0.39 is 23.8 Å². The Balaban J connectivity index is 4.44. The Kier molecular flexibility index (Phi) is 19.0. The number of hydrogen-bond acceptors (Lipinski definition) is 7. The lowest BCUT2D eigenvalue weighted by molar-refractivity contribution is -0.138. The number of carbonyl (C=O) groups is 5. The van der Waals surface area contributed by atoms with E-state index in [4.69, 9.17) is 10.8 Å². The average Bonchev–Trinajstić information content (AvgIpc) is 2.82. The molecule has 38 heavy (non-hydrogen) atoms. The summed E-state index contributed by atoms with van der Waals surface area (Å²) >= 11 is 4.30. The van der Waals surface area contributed by atoms with Gasteiger partial charge in [0.15, 0.2) is 0 Å². The number of nitrogens with two attached hydrogens (primary N) is 1. The van der Waals surface area contributed by atoms with Crippen molar-refractivity contribution in [1.29, 1.82) is 0 Å². The lowest BCUT2D eigenvalue weighted by atomic mass is 9.78. The van der Waals surface area contributed by atoms with Crippen LogP contribution in [-0.4, -0.2) is 59.8 Å².